The molecular formula is C32H36Br2. The first-order chi connectivity index (χ1) is 16.6. The topological polar surface area (TPSA) is 0 Å². The van der Waals surface area contributed by atoms with Gasteiger partial charge in [-0.25, -0.2) is 0 Å². The maximum absolute atomic E-state index is 3.88. The highest BCUT2D eigenvalue weighted by molar-refractivity contribution is 9.11. The van der Waals surface area contributed by atoms with Crippen molar-refractivity contribution in [3.05, 3.63) is 80.7 Å². The van der Waals surface area contributed by atoms with Gasteiger partial charge in [-0.05, 0) is 93.7 Å². The van der Waals surface area contributed by atoms with Gasteiger partial charge in [0.1, 0.15) is 0 Å². The molecule has 4 aromatic carbocycles. The first kappa shape index (κ1) is 25.5. The van der Waals surface area contributed by atoms with Crippen molar-refractivity contribution in [2.24, 2.45) is 0 Å². The highest BCUT2D eigenvalue weighted by Gasteiger charge is 2.11. The van der Waals surface area contributed by atoms with Crippen molar-refractivity contribution in [2.75, 3.05) is 0 Å². The van der Waals surface area contributed by atoms with E-state index in [2.05, 4.69) is 106 Å². The summed E-state index contributed by atoms with van der Waals surface area (Å²) in [7, 11) is 0. The molecule has 0 aliphatic heterocycles. The summed E-state index contributed by atoms with van der Waals surface area (Å²) in [4.78, 5) is 0. The van der Waals surface area contributed by atoms with Gasteiger partial charge in [0.15, 0.2) is 0 Å². The summed E-state index contributed by atoms with van der Waals surface area (Å²) in [5.41, 5.74) is 5.36. The number of hydrogen-bond acceptors (Lipinski definition) is 0. The number of rotatable bonds is 11. The second kappa shape index (κ2) is 12.4. The first-order valence-electron chi connectivity index (χ1n) is 13.0. The van der Waals surface area contributed by atoms with E-state index in [0.717, 1.165) is 8.95 Å². The van der Waals surface area contributed by atoms with E-state index in [9.17, 15) is 0 Å². The molecule has 4 rings (SSSR count). The molecular weight excluding hydrogens is 544 g/mol. The Morgan fingerprint density at radius 1 is 0.471 bits per heavy atom. The number of benzene rings is 4. The lowest BCUT2D eigenvalue weighted by Gasteiger charge is -2.13. The molecule has 0 aromatic heterocycles. The average Bonchev–Trinajstić information content (AvgIpc) is 2.84. The van der Waals surface area contributed by atoms with E-state index in [-0.39, 0.29) is 0 Å². The third-order valence-corrected chi connectivity index (χ3v) is 8.22. The van der Waals surface area contributed by atoms with Gasteiger partial charge in [-0.1, -0.05) is 121 Å². The van der Waals surface area contributed by atoms with Crippen molar-refractivity contribution in [1.82, 2.24) is 0 Å². The third-order valence-electron chi connectivity index (χ3n) is 6.91. The summed E-state index contributed by atoms with van der Waals surface area (Å²) in [5.74, 6) is 0. The number of halogens is 2. The molecule has 0 atom stereocenters. The second-order valence-corrected chi connectivity index (χ2v) is 11.4. The van der Waals surface area contributed by atoms with Crippen LogP contribution in [0.15, 0.2) is 69.6 Å². The highest BCUT2D eigenvalue weighted by Crippen LogP contribution is 2.39. The first-order valence-corrected chi connectivity index (χ1v) is 14.6. The predicted molar refractivity (Wildman–Crippen MR) is 158 cm³/mol. The van der Waals surface area contributed by atoms with Crippen LogP contribution in [0.4, 0.5) is 0 Å². The standard InChI is InChI=1S/C32H36Br2/c1-3-5-7-9-11-23-13-15-25-19-29(31(33)21-27(25)17-23)30-20-26-16-14-24(12-10-8-6-4-2)18-28(26)22-32(30)34/h13-22H,3-12H2,1-2H3. The van der Waals surface area contributed by atoms with Crippen LogP contribution in [0.2, 0.25) is 0 Å². The van der Waals surface area contributed by atoms with E-state index in [1.807, 2.05) is 0 Å². The minimum absolute atomic E-state index is 1.15. The van der Waals surface area contributed by atoms with Gasteiger partial charge < -0.3 is 0 Å². The summed E-state index contributed by atoms with van der Waals surface area (Å²) in [6.07, 6.45) is 12.8. The van der Waals surface area contributed by atoms with E-state index < -0.39 is 0 Å². The molecule has 0 fully saturated rings. The molecule has 0 aliphatic rings. The van der Waals surface area contributed by atoms with Gasteiger partial charge in [0.05, 0.1) is 0 Å². The van der Waals surface area contributed by atoms with Crippen LogP contribution in [0.25, 0.3) is 32.7 Å². The molecule has 0 unspecified atom stereocenters. The van der Waals surface area contributed by atoms with E-state index in [1.54, 1.807) is 0 Å². The molecule has 0 saturated carbocycles. The Morgan fingerprint density at radius 3 is 1.32 bits per heavy atom. The Labute approximate surface area is 222 Å². The molecule has 0 N–H and O–H groups in total. The van der Waals surface area contributed by atoms with E-state index in [0.29, 0.717) is 0 Å². The summed E-state index contributed by atoms with van der Waals surface area (Å²) in [6.45, 7) is 4.54. The van der Waals surface area contributed by atoms with Crippen LogP contribution in [0, 0.1) is 0 Å². The Morgan fingerprint density at radius 2 is 0.912 bits per heavy atom. The van der Waals surface area contributed by atoms with Crippen LogP contribution in [0.1, 0.15) is 76.3 Å². The second-order valence-electron chi connectivity index (χ2n) is 9.65. The summed E-state index contributed by atoms with van der Waals surface area (Å²) < 4.78 is 2.30. The monoisotopic (exact) mass is 578 g/mol. The fourth-order valence-corrected chi connectivity index (χ4v) is 6.02. The largest absolute Gasteiger partial charge is 0.0654 e. The predicted octanol–water partition coefficient (Wildman–Crippen LogP) is 11.4. The molecule has 178 valence electrons. The Kier molecular flexibility index (Phi) is 9.25. The zero-order valence-corrected chi connectivity index (χ0v) is 23.8. The third kappa shape index (κ3) is 6.32. The van der Waals surface area contributed by atoms with E-state index in [4.69, 9.17) is 0 Å². The number of aryl methyl sites for hydroxylation is 2. The van der Waals surface area contributed by atoms with Crippen LogP contribution in [0.5, 0.6) is 0 Å². The highest BCUT2D eigenvalue weighted by atomic mass is 79.9. The van der Waals surface area contributed by atoms with Crippen molar-refractivity contribution < 1.29 is 0 Å². The number of hydrogen-bond donors (Lipinski definition) is 0. The van der Waals surface area contributed by atoms with Gasteiger partial charge in [0.2, 0.25) is 0 Å². The zero-order valence-electron chi connectivity index (χ0n) is 20.6. The fraction of sp³-hybridized carbons (Fsp3) is 0.375. The lowest BCUT2D eigenvalue weighted by Crippen LogP contribution is -1.89. The van der Waals surface area contributed by atoms with Crippen molar-refractivity contribution in [2.45, 2.75) is 78.1 Å². The van der Waals surface area contributed by atoms with Crippen LogP contribution in [-0.4, -0.2) is 0 Å². The van der Waals surface area contributed by atoms with Crippen LogP contribution >= 0.6 is 31.9 Å². The molecule has 2 heteroatoms. The summed E-state index contributed by atoms with van der Waals surface area (Å²) >= 11 is 7.76. The molecule has 0 nitrogen and oxygen atoms in total. The van der Waals surface area contributed by atoms with Crippen molar-refractivity contribution in [1.29, 1.82) is 0 Å². The van der Waals surface area contributed by atoms with Gasteiger partial charge in [-0.15, -0.1) is 0 Å². The lowest BCUT2D eigenvalue weighted by atomic mass is 9.96. The number of fused-ring (bicyclic) bond motifs is 2. The zero-order chi connectivity index (χ0) is 23.9. The molecule has 0 bridgehead atoms. The molecule has 0 spiro atoms. The molecule has 0 heterocycles. The molecule has 0 radical (unpaired) electrons. The van der Waals surface area contributed by atoms with Gasteiger partial charge >= 0.3 is 0 Å². The van der Waals surface area contributed by atoms with Gasteiger partial charge in [0, 0.05) is 8.95 Å². The molecule has 4 aromatic rings. The quantitative estimate of drug-likeness (QED) is 0.155. The van der Waals surface area contributed by atoms with Crippen molar-refractivity contribution in [3.63, 3.8) is 0 Å². The van der Waals surface area contributed by atoms with Crippen LogP contribution < -0.4 is 0 Å². The van der Waals surface area contributed by atoms with E-state index >= 15 is 0 Å². The normalized spacial score (nSPS) is 11.5. The summed E-state index contributed by atoms with van der Waals surface area (Å²) in [5, 5.41) is 5.22. The maximum atomic E-state index is 3.88. The van der Waals surface area contributed by atoms with Gasteiger partial charge in [-0.2, -0.15) is 0 Å². The smallest absolute Gasteiger partial charge is 0.0260 e. The minimum atomic E-state index is 1.15. The van der Waals surface area contributed by atoms with Gasteiger partial charge in [-0.3, -0.25) is 0 Å². The fourth-order valence-electron chi connectivity index (χ4n) is 4.87. The Balaban J connectivity index is 1.59. The molecule has 0 aliphatic carbocycles. The molecule has 34 heavy (non-hydrogen) atoms. The van der Waals surface area contributed by atoms with E-state index in [1.165, 1.54) is 108 Å². The van der Waals surface area contributed by atoms with Crippen molar-refractivity contribution in [3.8, 4) is 11.1 Å². The number of unbranched alkanes of at least 4 members (excludes halogenated alkanes) is 6. The maximum Gasteiger partial charge on any atom is 0.0260 e. The average molecular weight is 580 g/mol. The van der Waals surface area contributed by atoms with Crippen LogP contribution in [0.3, 0.4) is 0 Å². The van der Waals surface area contributed by atoms with Gasteiger partial charge in [0.25, 0.3) is 0 Å². The lowest BCUT2D eigenvalue weighted by molar-refractivity contribution is 0.667. The summed E-state index contributed by atoms with van der Waals surface area (Å²) in [6, 6.07) is 23.2. The van der Waals surface area contributed by atoms with Crippen molar-refractivity contribution >= 4 is 53.4 Å². The minimum Gasteiger partial charge on any atom is -0.0654 e. The Bertz CT molecular complexity index is 1160. The van der Waals surface area contributed by atoms with Crippen LogP contribution in [-0.2, 0) is 12.8 Å². The molecule has 0 amide bonds. The Hall–Kier alpha value is -1.64. The SMILES string of the molecule is CCCCCCc1ccc2cc(-c3cc4ccc(CCCCCC)cc4cc3Br)c(Br)cc2c1. The molecule has 0 saturated heterocycles.